The Balaban J connectivity index is 3.03. The topological polar surface area (TPSA) is 72.9 Å². The number of carbonyl (C=O) groups excluding carboxylic acids is 1. The van der Waals surface area contributed by atoms with E-state index in [2.05, 4.69) is 8.92 Å². The Kier molecular flexibility index (Phi) is 5.07. The predicted octanol–water partition coefficient (Wildman–Crippen LogP) is 1.29. The smallest absolute Gasteiger partial charge is 0.384 e. The van der Waals surface area contributed by atoms with Crippen molar-refractivity contribution in [2.45, 2.75) is 12.8 Å². The molecule has 0 spiro atoms. The van der Waals surface area contributed by atoms with E-state index in [0.717, 1.165) is 16.4 Å². The summed E-state index contributed by atoms with van der Waals surface area (Å²) in [7, 11) is -0.264. The van der Waals surface area contributed by atoms with Gasteiger partial charge in [0.1, 0.15) is 0 Å². The van der Waals surface area contributed by atoms with Crippen molar-refractivity contribution in [2.24, 2.45) is 0 Å². The van der Waals surface area contributed by atoms with E-state index in [1.165, 1.54) is 27.3 Å². The average molecular weight is 305 g/mol. The van der Waals surface area contributed by atoms with Crippen LogP contribution in [0.1, 0.15) is 18.4 Å². The van der Waals surface area contributed by atoms with E-state index in [0.29, 0.717) is 5.56 Å². The molecule has 1 atom stereocenters. The normalized spacial score (nSPS) is 13.1. The molecule has 0 aliphatic heterocycles. The highest BCUT2D eigenvalue weighted by Gasteiger charge is 2.21. The number of halogens is 1. The molecule has 1 unspecified atom stereocenters. The maximum atomic E-state index is 13.8. The predicted molar refractivity (Wildman–Crippen MR) is 70.1 cm³/mol. The molecule has 1 rings (SSSR count). The summed E-state index contributed by atoms with van der Waals surface area (Å²) in [5, 5.41) is 0. The molecule has 1 aromatic carbocycles. The third kappa shape index (κ3) is 3.67. The average Bonchev–Trinajstić information content (AvgIpc) is 2.38. The molecule has 0 N–H and O–H groups in total. The molecule has 0 radical (unpaired) electrons. The van der Waals surface area contributed by atoms with Crippen LogP contribution in [0.4, 0.5) is 4.39 Å². The molecule has 0 aliphatic rings. The van der Waals surface area contributed by atoms with Crippen molar-refractivity contribution >= 4 is 16.3 Å². The van der Waals surface area contributed by atoms with Gasteiger partial charge in [0.25, 0.3) is 0 Å². The fourth-order valence-corrected chi connectivity index (χ4v) is 1.87. The van der Waals surface area contributed by atoms with E-state index in [1.807, 2.05) is 0 Å². The molecule has 0 saturated heterocycles. The fraction of sp³-hybridized carbons (Fsp3) is 0.417. The molecule has 0 aliphatic carbocycles. The largest absolute Gasteiger partial charge is 0.469 e. The summed E-state index contributed by atoms with van der Waals surface area (Å²) < 4.78 is 46.8. The van der Waals surface area contributed by atoms with Crippen LogP contribution in [-0.2, 0) is 19.8 Å². The lowest BCUT2D eigenvalue weighted by atomic mass is 10.0. The second-order valence-corrected chi connectivity index (χ2v) is 6.01. The number of benzene rings is 1. The minimum Gasteiger partial charge on any atom is -0.469 e. The summed E-state index contributed by atoms with van der Waals surface area (Å²) in [5.74, 6) is -2.48. The maximum Gasteiger partial charge on any atom is 0.384 e. The van der Waals surface area contributed by atoms with Crippen molar-refractivity contribution in [1.82, 2.24) is 4.31 Å². The molecule has 0 aromatic heterocycles. The van der Waals surface area contributed by atoms with E-state index in [9.17, 15) is 17.6 Å². The zero-order valence-corrected chi connectivity index (χ0v) is 12.4. The Labute approximate surface area is 117 Å². The molecule has 0 amide bonds. The van der Waals surface area contributed by atoms with Gasteiger partial charge in [-0.05, 0) is 24.6 Å². The summed E-state index contributed by atoms with van der Waals surface area (Å²) in [6.07, 6.45) is 0. The number of carbonyl (C=O) groups is 1. The molecule has 112 valence electrons. The SMILES string of the molecule is COC(=O)C(C)c1ccc(OS(=O)(=O)N(C)C)c(F)c1. The number of hydrogen-bond donors (Lipinski definition) is 0. The van der Waals surface area contributed by atoms with Crippen LogP contribution in [0.2, 0.25) is 0 Å². The summed E-state index contributed by atoms with van der Waals surface area (Å²) in [6, 6.07) is 3.61. The zero-order valence-electron chi connectivity index (χ0n) is 11.6. The van der Waals surface area contributed by atoms with Crippen LogP contribution in [0.15, 0.2) is 18.2 Å². The first-order chi connectivity index (χ1) is 9.19. The molecule has 20 heavy (non-hydrogen) atoms. The molecule has 0 bridgehead atoms. The molecule has 0 fully saturated rings. The number of hydrogen-bond acceptors (Lipinski definition) is 5. The van der Waals surface area contributed by atoms with E-state index < -0.39 is 33.8 Å². The molecular formula is C12H16FNO5S. The van der Waals surface area contributed by atoms with Crippen LogP contribution in [0.3, 0.4) is 0 Å². The molecule has 0 saturated carbocycles. The van der Waals surface area contributed by atoms with Gasteiger partial charge >= 0.3 is 16.3 Å². The lowest BCUT2D eigenvalue weighted by molar-refractivity contribution is -0.141. The van der Waals surface area contributed by atoms with Crippen LogP contribution in [0.5, 0.6) is 5.75 Å². The first-order valence-electron chi connectivity index (χ1n) is 5.68. The quantitative estimate of drug-likeness (QED) is 0.766. The van der Waals surface area contributed by atoms with E-state index in [4.69, 9.17) is 0 Å². The van der Waals surface area contributed by atoms with Gasteiger partial charge in [-0.1, -0.05) is 6.07 Å². The maximum absolute atomic E-state index is 13.8. The van der Waals surface area contributed by atoms with Gasteiger partial charge in [-0.3, -0.25) is 4.79 Å². The molecule has 8 heteroatoms. The third-order valence-corrected chi connectivity index (χ3v) is 3.94. The van der Waals surface area contributed by atoms with Crippen molar-refractivity contribution in [3.05, 3.63) is 29.6 Å². The lowest BCUT2D eigenvalue weighted by Gasteiger charge is -2.14. The van der Waals surface area contributed by atoms with E-state index in [-0.39, 0.29) is 0 Å². The monoisotopic (exact) mass is 305 g/mol. The van der Waals surface area contributed by atoms with Gasteiger partial charge in [0, 0.05) is 14.1 Å². The number of methoxy groups -OCH3 is 1. The molecule has 6 nitrogen and oxygen atoms in total. The highest BCUT2D eigenvalue weighted by Crippen LogP contribution is 2.25. The van der Waals surface area contributed by atoms with Crippen LogP contribution in [0, 0.1) is 5.82 Å². The van der Waals surface area contributed by atoms with Crippen molar-refractivity contribution in [1.29, 1.82) is 0 Å². The number of esters is 1. The highest BCUT2D eigenvalue weighted by atomic mass is 32.2. The van der Waals surface area contributed by atoms with E-state index >= 15 is 0 Å². The summed E-state index contributed by atoms with van der Waals surface area (Å²) in [5.41, 5.74) is 0.365. The zero-order chi connectivity index (χ0) is 15.5. The highest BCUT2D eigenvalue weighted by molar-refractivity contribution is 7.84. The Hall–Kier alpha value is -1.67. The first-order valence-corrected chi connectivity index (χ1v) is 7.04. The molecule has 0 heterocycles. The number of ether oxygens (including phenoxy) is 1. The molecule has 1 aromatic rings. The van der Waals surface area contributed by atoms with Crippen molar-refractivity contribution in [3.63, 3.8) is 0 Å². The van der Waals surface area contributed by atoms with Crippen molar-refractivity contribution in [2.75, 3.05) is 21.2 Å². The van der Waals surface area contributed by atoms with E-state index in [1.54, 1.807) is 6.92 Å². The van der Waals surface area contributed by atoms with Gasteiger partial charge in [-0.15, -0.1) is 0 Å². The van der Waals surface area contributed by atoms with Gasteiger partial charge < -0.3 is 8.92 Å². The van der Waals surface area contributed by atoms with Crippen molar-refractivity contribution in [3.8, 4) is 5.75 Å². The Morgan fingerprint density at radius 2 is 1.95 bits per heavy atom. The van der Waals surface area contributed by atoms with Gasteiger partial charge in [0.15, 0.2) is 11.6 Å². The standard InChI is InChI=1S/C12H16FNO5S/c1-8(12(15)18-4)9-5-6-11(10(13)7-9)19-20(16,17)14(2)3/h5-8H,1-4H3. The van der Waals surface area contributed by atoms with Crippen LogP contribution in [0.25, 0.3) is 0 Å². The van der Waals surface area contributed by atoms with Crippen LogP contribution >= 0.6 is 0 Å². The first kappa shape index (κ1) is 16.4. The Morgan fingerprint density at radius 1 is 1.35 bits per heavy atom. The van der Waals surface area contributed by atoms with Crippen LogP contribution < -0.4 is 4.18 Å². The van der Waals surface area contributed by atoms with Gasteiger partial charge in [-0.25, -0.2) is 4.39 Å². The van der Waals surface area contributed by atoms with Crippen molar-refractivity contribution < 1.29 is 26.5 Å². The Morgan fingerprint density at radius 3 is 2.40 bits per heavy atom. The van der Waals surface area contributed by atoms with Gasteiger partial charge in [-0.2, -0.15) is 12.7 Å². The third-order valence-electron chi connectivity index (χ3n) is 2.65. The summed E-state index contributed by atoms with van der Waals surface area (Å²) >= 11 is 0. The Bertz CT molecular complexity index is 600. The fourth-order valence-electron chi connectivity index (χ4n) is 1.35. The van der Waals surface area contributed by atoms with Gasteiger partial charge in [0.2, 0.25) is 0 Å². The number of rotatable bonds is 5. The second-order valence-electron chi connectivity index (χ2n) is 4.26. The number of nitrogens with zero attached hydrogens (tertiary/aromatic N) is 1. The minimum atomic E-state index is -4.03. The lowest BCUT2D eigenvalue weighted by Crippen LogP contribution is -2.27. The summed E-state index contributed by atoms with van der Waals surface area (Å²) in [6.45, 7) is 1.55. The van der Waals surface area contributed by atoms with Crippen LogP contribution in [-0.4, -0.2) is 39.9 Å². The van der Waals surface area contributed by atoms with Gasteiger partial charge in [0.05, 0.1) is 13.0 Å². The second kappa shape index (κ2) is 6.19. The molecular weight excluding hydrogens is 289 g/mol. The minimum absolute atomic E-state index is 0.365. The summed E-state index contributed by atoms with van der Waals surface area (Å²) in [4.78, 5) is 11.3.